The first-order valence-electron chi connectivity index (χ1n) is 5.83. The van der Waals surface area contributed by atoms with E-state index in [0.717, 1.165) is 0 Å². The molecule has 5 nitrogen and oxygen atoms in total. The van der Waals surface area contributed by atoms with Crippen molar-refractivity contribution in [3.05, 3.63) is 52.5 Å². The van der Waals surface area contributed by atoms with Crippen LogP contribution in [0.4, 0.5) is 5.69 Å². The molecule has 0 aliphatic carbocycles. The maximum Gasteiger partial charge on any atom is 0.263 e. The van der Waals surface area contributed by atoms with Crippen LogP contribution < -0.4 is 9.46 Å². The van der Waals surface area contributed by atoms with E-state index in [2.05, 4.69) is 20.7 Å². The van der Waals surface area contributed by atoms with Gasteiger partial charge in [0, 0.05) is 0 Å². The van der Waals surface area contributed by atoms with Gasteiger partial charge in [-0.3, -0.25) is 4.72 Å². The molecule has 0 amide bonds. The number of halogens is 1. The Kier molecular flexibility index (Phi) is 4.50. The summed E-state index contributed by atoms with van der Waals surface area (Å²) in [5.41, 5.74) is 0.466. The number of nitrogens with one attached hydrogen (secondary N) is 1. The van der Waals surface area contributed by atoms with Crippen LogP contribution in [0.2, 0.25) is 0 Å². The highest BCUT2D eigenvalue weighted by Crippen LogP contribution is 2.29. The number of anilines is 1. The van der Waals surface area contributed by atoms with Crippen molar-refractivity contribution < 1.29 is 13.2 Å². The fraction of sp³-hybridized carbons (Fsp3) is 0.0714. The third-order valence-corrected chi connectivity index (χ3v) is 4.76. The summed E-state index contributed by atoms with van der Waals surface area (Å²) in [6.07, 6.45) is 0. The summed E-state index contributed by atoms with van der Waals surface area (Å²) in [6.45, 7) is 0. The van der Waals surface area contributed by atoms with Crippen molar-refractivity contribution in [2.75, 3.05) is 11.8 Å². The molecule has 7 heteroatoms. The molecule has 108 valence electrons. The Hall–Kier alpha value is -2.04. The normalized spacial score (nSPS) is 10.7. The standard InChI is InChI=1S/C14H11BrN2O3S/c1-20-13-7-6-11(8-12(13)15)17-21(18,19)14-5-3-2-4-10(14)9-16/h2-8,17H,1H3. The van der Waals surface area contributed by atoms with Gasteiger partial charge in [-0.05, 0) is 46.3 Å². The van der Waals surface area contributed by atoms with E-state index in [4.69, 9.17) is 10.00 Å². The lowest BCUT2D eigenvalue weighted by Gasteiger charge is -2.11. The monoisotopic (exact) mass is 366 g/mol. The van der Waals surface area contributed by atoms with Crippen molar-refractivity contribution in [2.24, 2.45) is 0 Å². The summed E-state index contributed by atoms with van der Waals surface area (Å²) in [6, 6.07) is 12.7. The number of nitriles is 1. The molecule has 0 aliphatic rings. The van der Waals surface area contributed by atoms with Crippen LogP contribution >= 0.6 is 15.9 Å². The minimum atomic E-state index is -3.83. The predicted molar refractivity (Wildman–Crippen MR) is 82.7 cm³/mol. The number of benzene rings is 2. The third kappa shape index (κ3) is 3.35. The topological polar surface area (TPSA) is 79.2 Å². The van der Waals surface area contributed by atoms with Gasteiger partial charge in [-0.15, -0.1) is 0 Å². The molecule has 0 fully saturated rings. The number of rotatable bonds is 4. The van der Waals surface area contributed by atoms with Crippen LogP contribution in [0, 0.1) is 11.3 Å². The molecule has 0 atom stereocenters. The van der Waals surface area contributed by atoms with E-state index >= 15 is 0 Å². The van der Waals surface area contributed by atoms with Crippen LogP contribution in [0.3, 0.4) is 0 Å². The van der Waals surface area contributed by atoms with Crippen LogP contribution in [-0.2, 0) is 10.0 Å². The molecule has 0 spiro atoms. The lowest BCUT2D eigenvalue weighted by Crippen LogP contribution is -2.14. The van der Waals surface area contributed by atoms with Gasteiger partial charge in [0.1, 0.15) is 16.7 Å². The molecule has 1 N–H and O–H groups in total. The van der Waals surface area contributed by atoms with E-state index < -0.39 is 10.0 Å². The van der Waals surface area contributed by atoms with Crippen molar-refractivity contribution in [1.82, 2.24) is 0 Å². The molecule has 0 saturated heterocycles. The highest BCUT2D eigenvalue weighted by molar-refractivity contribution is 9.10. The van der Waals surface area contributed by atoms with Gasteiger partial charge in [0.25, 0.3) is 10.0 Å². The van der Waals surface area contributed by atoms with Crippen molar-refractivity contribution in [2.45, 2.75) is 4.90 Å². The average molecular weight is 367 g/mol. The zero-order chi connectivity index (χ0) is 15.5. The van der Waals surface area contributed by atoms with Crippen molar-refractivity contribution in [3.63, 3.8) is 0 Å². The summed E-state index contributed by atoms with van der Waals surface area (Å²) in [5.74, 6) is 0.593. The Morgan fingerprint density at radius 3 is 2.57 bits per heavy atom. The summed E-state index contributed by atoms with van der Waals surface area (Å²) in [5, 5.41) is 8.99. The molecule has 0 aliphatic heterocycles. The fourth-order valence-corrected chi connectivity index (χ4v) is 3.48. The molecule has 2 aromatic carbocycles. The van der Waals surface area contributed by atoms with Crippen LogP contribution in [-0.4, -0.2) is 15.5 Å². The maximum atomic E-state index is 12.3. The van der Waals surface area contributed by atoms with E-state index in [9.17, 15) is 8.42 Å². The first-order valence-corrected chi connectivity index (χ1v) is 8.11. The Balaban J connectivity index is 2.38. The van der Waals surface area contributed by atoms with Crippen molar-refractivity contribution >= 4 is 31.6 Å². The Morgan fingerprint density at radius 1 is 1.24 bits per heavy atom. The molecule has 21 heavy (non-hydrogen) atoms. The van der Waals surface area contributed by atoms with Gasteiger partial charge in [0.15, 0.2) is 0 Å². The second-order valence-corrected chi connectivity index (χ2v) is 6.57. The average Bonchev–Trinajstić information content (AvgIpc) is 2.47. The molecule has 0 aromatic heterocycles. The lowest BCUT2D eigenvalue weighted by atomic mass is 10.2. The summed E-state index contributed by atoms with van der Waals surface area (Å²) in [7, 11) is -2.31. The number of hydrogen-bond donors (Lipinski definition) is 1. The van der Waals surface area contributed by atoms with Crippen LogP contribution in [0.15, 0.2) is 51.8 Å². The third-order valence-electron chi connectivity index (χ3n) is 2.70. The summed E-state index contributed by atoms with van der Waals surface area (Å²) >= 11 is 3.29. The van der Waals surface area contributed by atoms with Gasteiger partial charge in [0.05, 0.1) is 22.8 Å². The zero-order valence-corrected chi connectivity index (χ0v) is 13.4. The van der Waals surface area contributed by atoms with Gasteiger partial charge in [0.2, 0.25) is 0 Å². The smallest absolute Gasteiger partial charge is 0.263 e. The predicted octanol–water partition coefficient (Wildman–Crippen LogP) is 3.13. The maximum absolute atomic E-state index is 12.3. The Morgan fingerprint density at radius 2 is 1.95 bits per heavy atom. The molecule has 0 saturated carbocycles. The Labute approximate surface area is 131 Å². The van der Waals surface area contributed by atoms with Gasteiger partial charge in [-0.2, -0.15) is 5.26 Å². The SMILES string of the molecule is COc1ccc(NS(=O)(=O)c2ccccc2C#N)cc1Br. The van der Waals surface area contributed by atoms with Crippen LogP contribution in [0.25, 0.3) is 0 Å². The molecule has 2 rings (SSSR count). The Bertz CT molecular complexity index is 813. The summed E-state index contributed by atoms with van der Waals surface area (Å²) < 4.78 is 32.8. The molecule has 2 aromatic rings. The molecule has 0 unspecified atom stereocenters. The zero-order valence-electron chi connectivity index (χ0n) is 11.0. The molecular weight excluding hydrogens is 356 g/mol. The molecule has 0 bridgehead atoms. The first-order chi connectivity index (χ1) is 9.97. The van der Waals surface area contributed by atoms with Crippen LogP contribution in [0.1, 0.15) is 5.56 Å². The van der Waals surface area contributed by atoms with Gasteiger partial charge >= 0.3 is 0 Å². The molecule has 0 heterocycles. The number of methoxy groups -OCH3 is 1. The van der Waals surface area contributed by atoms with E-state index in [-0.39, 0.29) is 10.5 Å². The van der Waals surface area contributed by atoms with Gasteiger partial charge in [-0.25, -0.2) is 8.42 Å². The highest BCUT2D eigenvalue weighted by Gasteiger charge is 2.18. The second kappa shape index (κ2) is 6.16. The number of nitrogens with zero attached hydrogens (tertiary/aromatic N) is 1. The van der Waals surface area contributed by atoms with E-state index in [1.165, 1.54) is 19.2 Å². The number of ether oxygens (including phenoxy) is 1. The van der Waals surface area contributed by atoms with Crippen molar-refractivity contribution in [3.8, 4) is 11.8 Å². The van der Waals surface area contributed by atoms with Gasteiger partial charge in [-0.1, -0.05) is 12.1 Å². The van der Waals surface area contributed by atoms with E-state index in [0.29, 0.717) is 15.9 Å². The van der Waals surface area contributed by atoms with E-state index in [1.54, 1.807) is 30.3 Å². The van der Waals surface area contributed by atoms with E-state index in [1.807, 2.05) is 6.07 Å². The second-order valence-electron chi connectivity index (χ2n) is 4.06. The van der Waals surface area contributed by atoms with Crippen LogP contribution in [0.5, 0.6) is 5.75 Å². The highest BCUT2D eigenvalue weighted by atomic mass is 79.9. The number of sulfonamides is 1. The quantitative estimate of drug-likeness (QED) is 0.901. The minimum absolute atomic E-state index is 0.0561. The van der Waals surface area contributed by atoms with Crippen molar-refractivity contribution in [1.29, 1.82) is 5.26 Å². The first kappa shape index (κ1) is 15.4. The lowest BCUT2D eigenvalue weighted by molar-refractivity contribution is 0.412. The summed E-state index contributed by atoms with van der Waals surface area (Å²) in [4.78, 5) is -0.0561. The molecule has 0 radical (unpaired) electrons. The fourth-order valence-electron chi connectivity index (χ4n) is 1.73. The minimum Gasteiger partial charge on any atom is -0.496 e. The largest absolute Gasteiger partial charge is 0.496 e. The molecular formula is C14H11BrN2O3S. The number of hydrogen-bond acceptors (Lipinski definition) is 4. The van der Waals surface area contributed by atoms with Gasteiger partial charge < -0.3 is 4.74 Å².